The van der Waals surface area contributed by atoms with Crippen LogP contribution < -0.4 is 14.8 Å². The second-order valence-electron chi connectivity index (χ2n) is 7.18. The summed E-state index contributed by atoms with van der Waals surface area (Å²) in [5.74, 6) is 1.21. The van der Waals surface area contributed by atoms with Gasteiger partial charge in [-0.3, -0.25) is 4.79 Å². The summed E-state index contributed by atoms with van der Waals surface area (Å²) in [4.78, 5) is 13.3. The Morgan fingerprint density at radius 1 is 0.967 bits per heavy atom. The molecule has 0 radical (unpaired) electrons. The second-order valence-corrected chi connectivity index (χ2v) is 7.18. The molecule has 0 saturated heterocycles. The van der Waals surface area contributed by atoms with Crippen molar-refractivity contribution in [2.24, 2.45) is 0 Å². The van der Waals surface area contributed by atoms with Gasteiger partial charge in [-0.2, -0.15) is 0 Å². The molecule has 0 atom stereocenters. The van der Waals surface area contributed by atoms with Crippen molar-refractivity contribution in [2.75, 3.05) is 6.79 Å². The van der Waals surface area contributed by atoms with Crippen molar-refractivity contribution in [2.45, 2.75) is 13.5 Å². The number of benzene rings is 3. The number of hydrogen-bond acceptors (Lipinski definition) is 5. The summed E-state index contributed by atoms with van der Waals surface area (Å²) in [6, 6.07) is 21.1. The number of nitrogens with zero attached hydrogens (tertiary/aromatic N) is 2. The van der Waals surface area contributed by atoms with E-state index in [1.165, 1.54) is 0 Å². The van der Waals surface area contributed by atoms with Crippen LogP contribution in [0.2, 0.25) is 0 Å². The zero-order valence-corrected chi connectivity index (χ0v) is 16.4. The first-order chi connectivity index (χ1) is 14.7. The average molecular weight is 397 g/mol. The molecule has 3 aromatic carbocycles. The lowest BCUT2D eigenvalue weighted by Gasteiger charge is -2.12. The molecule has 1 amide bonds. The van der Waals surface area contributed by atoms with Crippen LogP contribution in [0.3, 0.4) is 0 Å². The molecule has 1 aliphatic rings. The maximum Gasteiger partial charge on any atom is 0.254 e. The number of aromatic nitrogens is 2. The number of fused-ring (bicyclic) bond motifs is 2. The molecule has 0 saturated carbocycles. The number of hydrogen-bond donors (Lipinski definition) is 1. The Kier molecular flexibility index (Phi) is 4.52. The fourth-order valence-electron chi connectivity index (χ4n) is 3.52. The van der Waals surface area contributed by atoms with Crippen LogP contribution >= 0.6 is 0 Å². The lowest BCUT2D eigenvalue weighted by Crippen LogP contribution is -2.24. The van der Waals surface area contributed by atoms with Gasteiger partial charge in [0.05, 0.1) is 11.1 Å². The monoisotopic (exact) mass is 397 g/mol. The number of nitrogens with one attached hydrogen (secondary N) is 1. The van der Waals surface area contributed by atoms with E-state index in [0.29, 0.717) is 29.1 Å². The van der Waals surface area contributed by atoms with E-state index in [4.69, 9.17) is 9.47 Å². The fraction of sp³-hybridized carbons (Fsp3) is 0.125. The Morgan fingerprint density at radius 3 is 2.63 bits per heavy atom. The van der Waals surface area contributed by atoms with Gasteiger partial charge < -0.3 is 14.8 Å². The average Bonchev–Trinajstić information content (AvgIpc) is 3.25. The third-order valence-corrected chi connectivity index (χ3v) is 5.11. The van der Waals surface area contributed by atoms with Gasteiger partial charge in [0.15, 0.2) is 11.5 Å². The first-order valence-electron chi connectivity index (χ1n) is 9.68. The molecule has 0 unspecified atom stereocenters. The summed E-state index contributed by atoms with van der Waals surface area (Å²) in [5.41, 5.74) is 4.69. The molecule has 6 nitrogen and oxygen atoms in total. The molecule has 30 heavy (non-hydrogen) atoms. The van der Waals surface area contributed by atoms with E-state index in [1.807, 2.05) is 73.7 Å². The Labute approximate surface area is 173 Å². The fourth-order valence-corrected chi connectivity index (χ4v) is 3.52. The Balaban J connectivity index is 1.50. The van der Waals surface area contributed by atoms with Crippen LogP contribution in [0.5, 0.6) is 11.5 Å². The predicted octanol–water partition coefficient (Wildman–Crippen LogP) is 4.26. The smallest absolute Gasteiger partial charge is 0.254 e. The summed E-state index contributed by atoms with van der Waals surface area (Å²) in [6.45, 7) is 2.61. The number of carbonyl (C=O) groups excluding carboxylic acids is 1. The molecule has 4 aromatic rings. The minimum Gasteiger partial charge on any atom is -0.454 e. The van der Waals surface area contributed by atoms with Crippen molar-refractivity contribution in [3.05, 3.63) is 83.4 Å². The molecule has 1 aliphatic heterocycles. The van der Waals surface area contributed by atoms with Gasteiger partial charge in [-0.25, -0.2) is 0 Å². The van der Waals surface area contributed by atoms with Gasteiger partial charge in [-0.1, -0.05) is 54.1 Å². The SMILES string of the molecule is Cc1ccc(-c2nnc3ccccc3c2C(=O)NCc2ccc3c(c2)OCO3)cc1. The number of rotatable bonds is 4. The lowest BCUT2D eigenvalue weighted by atomic mass is 10.0. The predicted molar refractivity (Wildman–Crippen MR) is 113 cm³/mol. The van der Waals surface area contributed by atoms with E-state index in [9.17, 15) is 4.79 Å². The molecule has 1 aromatic heterocycles. The van der Waals surface area contributed by atoms with E-state index in [-0.39, 0.29) is 12.7 Å². The molecule has 1 N–H and O–H groups in total. The third kappa shape index (κ3) is 3.33. The Bertz CT molecular complexity index is 1250. The molecule has 6 heteroatoms. The third-order valence-electron chi connectivity index (χ3n) is 5.11. The molecule has 0 spiro atoms. The number of aryl methyl sites for hydroxylation is 1. The highest BCUT2D eigenvalue weighted by molar-refractivity contribution is 6.10. The Morgan fingerprint density at radius 2 is 1.77 bits per heavy atom. The van der Waals surface area contributed by atoms with E-state index in [1.54, 1.807) is 0 Å². The van der Waals surface area contributed by atoms with E-state index < -0.39 is 0 Å². The van der Waals surface area contributed by atoms with Gasteiger partial charge >= 0.3 is 0 Å². The van der Waals surface area contributed by atoms with Crippen molar-refractivity contribution in [3.63, 3.8) is 0 Å². The lowest BCUT2D eigenvalue weighted by molar-refractivity contribution is 0.0952. The van der Waals surface area contributed by atoms with Crippen molar-refractivity contribution < 1.29 is 14.3 Å². The summed E-state index contributed by atoms with van der Waals surface area (Å²) in [7, 11) is 0. The van der Waals surface area contributed by atoms with E-state index >= 15 is 0 Å². The molecule has 0 fully saturated rings. The minimum atomic E-state index is -0.200. The highest BCUT2D eigenvalue weighted by Crippen LogP contribution is 2.32. The van der Waals surface area contributed by atoms with Crippen LogP contribution in [-0.4, -0.2) is 22.9 Å². The van der Waals surface area contributed by atoms with Crippen LogP contribution in [-0.2, 0) is 6.54 Å². The number of ether oxygens (including phenoxy) is 2. The molecule has 148 valence electrons. The Hall–Kier alpha value is -3.93. The molecule has 0 aliphatic carbocycles. The van der Waals surface area contributed by atoms with Gasteiger partial charge in [0.1, 0.15) is 5.69 Å². The maximum absolute atomic E-state index is 13.3. The summed E-state index contributed by atoms with van der Waals surface area (Å²) in [5, 5.41) is 12.5. The molecular weight excluding hydrogens is 378 g/mol. The summed E-state index contributed by atoms with van der Waals surface area (Å²) < 4.78 is 10.8. The van der Waals surface area contributed by atoms with Crippen LogP contribution in [0.1, 0.15) is 21.5 Å². The normalized spacial score (nSPS) is 12.2. The largest absolute Gasteiger partial charge is 0.454 e. The topological polar surface area (TPSA) is 73.3 Å². The van der Waals surface area contributed by atoms with Crippen molar-refractivity contribution in [3.8, 4) is 22.8 Å². The first-order valence-corrected chi connectivity index (χ1v) is 9.68. The van der Waals surface area contributed by atoms with Crippen molar-refractivity contribution in [1.82, 2.24) is 15.5 Å². The van der Waals surface area contributed by atoms with E-state index in [0.717, 1.165) is 27.8 Å². The number of amides is 1. The van der Waals surface area contributed by atoms with Gasteiger partial charge in [-0.15, -0.1) is 10.2 Å². The first kappa shape index (κ1) is 18.1. The van der Waals surface area contributed by atoms with Crippen molar-refractivity contribution in [1.29, 1.82) is 0 Å². The zero-order valence-electron chi connectivity index (χ0n) is 16.4. The van der Waals surface area contributed by atoms with Crippen LogP contribution in [0.15, 0.2) is 66.7 Å². The van der Waals surface area contributed by atoms with Gasteiger partial charge in [-0.05, 0) is 30.7 Å². The molecular formula is C24H19N3O3. The second kappa shape index (κ2) is 7.48. The standard InChI is InChI=1S/C24H19N3O3/c1-15-6-9-17(10-7-15)23-22(18-4-2-3-5-19(18)26-27-23)24(28)25-13-16-8-11-20-21(12-16)30-14-29-20/h2-12H,13-14H2,1H3,(H,25,28). The van der Waals surface area contributed by atoms with Crippen LogP contribution in [0.4, 0.5) is 0 Å². The molecule has 2 heterocycles. The summed E-state index contributed by atoms with van der Waals surface area (Å²) in [6.07, 6.45) is 0. The molecule has 5 rings (SSSR count). The minimum absolute atomic E-state index is 0.200. The highest BCUT2D eigenvalue weighted by Gasteiger charge is 2.20. The summed E-state index contributed by atoms with van der Waals surface area (Å²) >= 11 is 0. The van der Waals surface area contributed by atoms with Gasteiger partial charge in [0.25, 0.3) is 5.91 Å². The maximum atomic E-state index is 13.3. The quantitative estimate of drug-likeness (QED) is 0.557. The van der Waals surface area contributed by atoms with Gasteiger partial charge in [0.2, 0.25) is 6.79 Å². The molecule has 0 bridgehead atoms. The van der Waals surface area contributed by atoms with Crippen LogP contribution in [0, 0.1) is 6.92 Å². The van der Waals surface area contributed by atoms with Crippen LogP contribution in [0.25, 0.3) is 22.2 Å². The highest BCUT2D eigenvalue weighted by atomic mass is 16.7. The zero-order chi connectivity index (χ0) is 20.5. The number of carbonyl (C=O) groups is 1. The van der Waals surface area contributed by atoms with Gasteiger partial charge in [0, 0.05) is 17.5 Å². The van der Waals surface area contributed by atoms with E-state index in [2.05, 4.69) is 15.5 Å². The van der Waals surface area contributed by atoms with Crippen molar-refractivity contribution >= 4 is 16.8 Å².